The van der Waals surface area contributed by atoms with Crippen LogP contribution in [-0.4, -0.2) is 20.2 Å². The molecule has 1 aromatic carbocycles. The molecular formula is C11H13BrFN3O4S. The molecule has 0 aromatic heterocycles. The van der Waals surface area contributed by atoms with Gasteiger partial charge in [0.1, 0.15) is 4.90 Å². The average Bonchev–Trinajstić information content (AvgIpc) is 2.36. The number of nitrogens with one attached hydrogen (secondary N) is 2. The number of carbonyl (C=O) groups is 2. The fourth-order valence-electron chi connectivity index (χ4n) is 1.27. The van der Waals surface area contributed by atoms with Gasteiger partial charge in [0.2, 0.25) is 15.9 Å². The molecule has 0 saturated heterocycles. The third kappa shape index (κ3) is 4.48. The molecule has 0 heterocycles. The van der Waals surface area contributed by atoms with Crippen LogP contribution >= 0.6 is 15.9 Å². The van der Waals surface area contributed by atoms with E-state index in [0.29, 0.717) is 0 Å². The van der Waals surface area contributed by atoms with Crippen LogP contribution in [0.5, 0.6) is 0 Å². The Morgan fingerprint density at radius 3 is 2.33 bits per heavy atom. The fraction of sp³-hybridized carbons (Fsp3) is 0.273. The van der Waals surface area contributed by atoms with Crippen LogP contribution < -0.4 is 16.0 Å². The molecule has 1 aromatic rings. The van der Waals surface area contributed by atoms with Crippen molar-refractivity contribution in [3.05, 3.63) is 28.0 Å². The second-order valence-corrected chi connectivity index (χ2v) is 6.85. The van der Waals surface area contributed by atoms with Crippen LogP contribution in [0.2, 0.25) is 0 Å². The first-order valence-corrected chi connectivity index (χ1v) is 8.00. The topological polar surface area (TPSA) is 118 Å². The highest BCUT2D eigenvalue weighted by Crippen LogP contribution is 2.23. The lowest BCUT2D eigenvalue weighted by molar-refractivity contribution is -0.124. The summed E-state index contributed by atoms with van der Waals surface area (Å²) in [6.45, 7) is 3.19. The number of halogens is 2. The molecule has 0 spiro atoms. The Balaban J connectivity index is 3.11. The summed E-state index contributed by atoms with van der Waals surface area (Å²) in [6.07, 6.45) is 0. The lowest BCUT2D eigenvalue weighted by Crippen LogP contribution is -2.43. The van der Waals surface area contributed by atoms with Gasteiger partial charge in [0, 0.05) is 10.4 Å². The highest BCUT2D eigenvalue weighted by atomic mass is 79.9. The molecule has 2 amide bonds. The number of hydrogen-bond acceptors (Lipinski definition) is 4. The highest BCUT2D eigenvalue weighted by molar-refractivity contribution is 9.10. The number of primary sulfonamides is 1. The molecule has 0 aliphatic heterocycles. The molecule has 1 rings (SSSR count). The molecule has 0 bridgehead atoms. The van der Waals surface area contributed by atoms with Gasteiger partial charge in [-0.1, -0.05) is 29.8 Å². The number of hydrazine groups is 1. The van der Waals surface area contributed by atoms with Crippen molar-refractivity contribution >= 4 is 37.8 Å². The SMILES string of the molecule is CC(C)C(=O)NNC(=O)c1cc(Br)cc(S(N)(=O)=O)c1F. The van der Waals surface area contributed by atoms with E-state index in [0.717, 1.165) is 12.1 Å². The predicted octanol–water partition coefficient (Wildman–Crippen LogP) is 0.653. The fourth-order valence-corrected chi connectivity index (χ4v) is 2.53. The highest BCUT2D eigenvalue weighted by Gasteiger charge is 2.23. The summed E-state index contributed by atoms with van der Waals surface area (Å²) in [4.78, 5) is 22.3. The van der Waals surface area contributed by atoms with Crippen molar-refractivity contribution < 1.29 is 22.4 Å². The van der Waals surface area contributed by atoms with Crippen molar-refractivity contribution in [2.45, 2.75) is 18.7 Å². The van der Waals surface area contributed by atoms with Crippen molar-refractivity contribution in [2.75, 3.05) is 0 Å². The van der Waals surface area contributed by atoms with Gasteiger partial charge in [-0.2, -0.15) is 0 Å². The van der Waals surface area contributed by atoms with Gasteiger partial charge in [0.15, 0.2) is 5.82 Å². The minimum Gasteiger partial charge on any atom is -0.273 e. The van der Waals surface area contributed by atoms with E-state index in [4.69, 9.17) is 5.14 Å². The number of hydrogen-bond donors (Lipinski definition) is 3. The molecular weight excluding hydrogens is 369 g/mol. The van der Waals surface area contributed by atoms with Crippen LogP contribution in [0.4, 0.5) is 4.39 Å². The summed E-state index contributed by atoms with van der Waals surface area (Å²) in [6, 6.07) is 2.01. The number of rotatable bonds is 3. The maximum atomic E-state index is 14.0. The van der Waals surface area contributed by atoms with E-state index >= 15 is 0 Å². The maximum absolute atomic E-state index is 14.0. The van der Waals surface area contributed by atoms with Gasteiger partial charge in [-0.3, -0.25) is 20.4 Å². The standard InChI is InChI=1S/C11H13BrFN3O4S/c1-5(2)10(17)15-16-11(18)7-3-6(12)4-8(9(7)13)21(14,19)20/h3-5H,1-2H3,(H,15,17)(H,16,18)(H2,14,19,20). The molecule has 0 fully saturated rings. The Kier molecular flexibility index (Phi) is 5.42. The molecule has 21 heavy (non-hydrogen) atoms. The number of nitrogens with two attached hydrogens (primary N) is 1. The first-order valence-electron chi connectivity index (χ1n) is 5.66. The summed E-state index contributed by atoms with van der Waals surface area (Å²) < 4.78 is 36.7. The number of benzene rings is 1. The summed E-state index contributed by atoms with van der Waals surface area (Å²) in [5, 5.41) is 4.87. The third-order valence-corrected chi connectivity index (χ3v) is 3.75. The zero-order chi connectivity index (χ0) is 16.4. The van der Waals surface area contributed by atoms with Gasteiger partial charge in [0.25, 0.3) is 5.91 Å². The Morgan fingerprint density at radius 1 is 1.29 bits per heavy atom. The van der Waals surface area contributed by atoms with E-state index in [-0.39, 0.29) is 4.47 Å². The summed E-state index contributed by atoms with van der Waals surface area (Å²) >= 11 is 2.96. The van der Waals surface area contributed by atoms with Crippen LogP contribution in [-0.2, 0) is 14.8 Å². The third-order valence-electron chi connectivity index (χ3n) is 2.38. The Hall–Kier alpha value is -1.52. The van der Waals surface area contributed by atoms with Crippen molar-refractivity contribution in [3.63, 3.8) is 0 Å². The van der Waals surface area contributed by atoms with Crippen molar-refractivity contribution in [1.29, 1.82) is 0 Å². The molecule has 10 heteroatoms. The second-order valence-electron chi connectivity index (χ2n) is 4.41. The van der Waals surface area contributed by atoms with Crippen LogP contribution in [0.15, 0.2) is 21.5 Å². The lowest BCUT2D eigenvalue weighted by atomic mass is 10.2. The maximum Gasteiger partial charge on any atom is 0.272 e. The summed E-state index contributed by atoms with van der Waals surface area (Å²) in [7, 11) is -4.33. The summed E-state index contributed by atoms with van der Waals surface area (Å²) in [5.41, 5.74) is 3.50. The van der Waals surface area contributed by atoms with Crippen LogP contribution in [0, 0.1) is 11.7 Å². The number of carbonyl (C=O) groups excluding carboxylic acids is 2. The van der Waals surface area contributed by atoms with E-state index in [1.807, 2.05) is 5.43 Å². The van der Waals surface area contributed by atoms with E-state index in [1.165, 1.54) is 0 Å². The van der Waals surface area contributed by atoms with Gasteiger partial charge >= 0.3 is 0 Å². The van der Waals surface area contributed by atoms with E-state index in [1.54, 1.807) is 13.8 Å². The predicted molar refractivity (Wildman–Crippen MR) is 75.9 cm³/mol. The molecule has 0 unspecified atom stereocenters. The van der Waals surface area contributed by atoms with Gasteiger partial charge in [-0.15, -0.1) is 0 Å². The molecule has 0 saturated carbocycles. The van der Waals surface area contributed by atoms with Crippen molar-refractivity contribution in [1.82, 2.24) is 10.9 Å². The smallest absolute Gasteiger partial charge is 0.272 e. The zero-order valence-electron chi connectivity index (χ0n) is 11.1. The zero-order valence-corrected chi connectivity index (χ0v) is 13.5. The molecule has 4 N–H and O–H groups in total. The van der Waals surface area contributed by atoms with E-state index in [2.05, 4.69) is 21.4 Å². The second kappa shape index (κ2) is 6.50. The van der Waals surface area contributed by atoms with Crippen molar-refractivity contribution in [3.8, 4) is 0 Å². The van der Waals surface area contributed by atoms with Crippen molar-refractivity contribution in [2.24, 2.45) is 11.1 Å². The summed E-state index contributed by atoms with van der Waals surface area (Å²) in [5.74, 6) is -3.17. The van der Waals surface area contributed by atoms with Crippen LogP contribution in [0.25, 0.3) is 0 Å². The first-order chi connectivity index (χ1) is 9.54. The quantitative estimate of drug-likeness (QED) is 0.666. The first kappa shape index (κ1) is 17.5. The molecule has 0 radical (unpaired) electrons. The molecule has 7 nitrogen and oxygen atoms in total. The van der Waals surface area contributed by atoms with Gasteiger partial charge < -0.3 is 0 Å². The Morgan fingerprint density at radius 2 is 1.86 bits per heavy atom. The normalized spacial score (nSPS) is 11.3. The largest absolute Gasteiger partial charge is 0.273 e. The minimum atomic E-state index is -4.33. The van der Waals surface area contributed by atoms with Crippen LogP contribution in [0.3, 0.4) is 0 Å². The monoisotopic (exact) mass is 381 g/mol. The van der Waals surface area contributed by atoms with Crippen LogP contribution in [0.1, 0.15) is 24.2 Å². The van der Waals surface area contributed by atoms with Gasteiger partial charge in [-0.25, -0.2) is 17.9 Å². The van der Waals surface area contributed by atoms with Gasteiger partial charge in [0.05, 0.1) is 5.56 Å². The molecule has 0 atom stereocenters. The lowest BCUT2D eigenvalue weighted by Gasteiger charge is -2.11. The van der Waals surface area contributed by atoms with Gasteiger partial charge in [-0.05, 0) is 12.1 Å². The number of sulfonamides is 1. The minimum absolute atomic E-state index is 0.147. The average molecular weight is 382 g/mol. The van der Waals surface area contributed by atoms with E-state index in [9.17, 15) is 22.4 Å². The molecule has 116 valence electrons. The van der Waals surface area contributed by atoms with E-state index < -0.39 is 44.0 Å². The Labute approximate surface area is 129 Å². The molecule has 0 aliphatic carbocycles. The number of amides is 2. The Bertz CT molecular complexity index is 691. The molecule has 0 aliphatic rings.